The summed E-state index contributed by atoms with van der Waals surface area (Å²) < 4.78 is 0. The van der Waals surface area contributed by atoms with Crippen molar-refractivity contribution in [3.05, 3.63) is 65.3 Å². The predicted octanol–water partition coefficient (Wildman–Crippen LogP) is 4.19. The first-order valence-corrected chi connectivity index (χ1v) is 9.12. The number of para-hydroxylation sites is 1. The van der Waals surface area contributed by atoms with Crippen molar-refractivity contribution in [2.24, 2.45) is 5.92 Å². The molecule has 1 atom stereocenters. The number of carbonyl (C=O) groups excluding carboxylic acids is 2. The molecule has 4 rings (SSSR count). The minimum atomic E-state index is -0.421. The van der Waals surface area contributed by atoms with Crippen LogP contribution in [-0.2, 0) is 9.59 Å². The number of rotatable bonds is 3. The highest BCUT2D eigenvalue weighted by molar-refractivity contribution is 6.31. The molecule has 0 spiro atoms. The quantitative estimate of drug-likeness (QED) is 0.742. The van der Waals surface area contributed by atoms with Crippen molar-refractivity contribution in [3.8, 4) is 0 Å². The van der Waals surface area contributed by atoms with Crippen molar-refractivity contribution in [1.82, 2.24) is 4.98 Å². The number of nitrogens with one attached hydrogen (secondary N) is 1. The number of hydrogen-bond donors (Lipinski definition) is 1. The summed E-state index contributed by atoms with van der Waals surface area (Å²) in [5.74, 6) is -0.671. The number of pyridine rings is 1. The molecular formula is C21H18ClN3O2. The number of carbonyl (C=O) groups is 2. The standard InChI is InChI=1S/C21H18ClN3O2/c1-13-7-8-16(22)11-18(13)25-12-15(10-19(25)26)21(27)24-17-6-2-4-14-5-3-9-23-20(14)17/h2-9,11,15H,10,12H2,1H3,(H,24,27). The number of anilines is 2. The van der Waals surface area contributed by atoms with Crippen LogP contribution < -0.4 is 10.2 Å². The van der Waals surface area contributed by atoms with Gasteiger partial charge >= 0.3 is 0 Å². The van der Waals surface area contributed by atoms with E-state index < -0.39 is 5.92 Å². The van der Waals surface area contributed by atoms with E-state index in [-0.39, 0.29) is 18.2 Å². The first-order valence-electron chi connectivity index (χ1n) is 8.74. The predicted molar refractivity (Wildman–Crippen MR) is 107 cm³/mol. The summed E-state index contributed by atoms with van der Waals surface area (Å²) in [7, 11) is 0. The maximum absolute atomic E-state index is 12.8. The highest BCUT2D eigenvalue weighted by atomic mass is 35.5. The molecule has 2 heterocycles. The topological polar surface area (TPSA) is 62.3 Å². The lowest BCUT2D eigenvalue weighted by Gasteiger charge is -2.19. The van der Waals surface area contributed by atoms with Crippen molar-refractivity contribution >= 4 is 45.7 Å². The third-order valence-corrected chi connectivity index (χ3v) is 5.08. The van der Waals surface area contributed by atoms with E-state index >= 15 is 0 Å². The lowest BCUT2D eigenvalue weighted by atomic mass is 10.1. The molecule has 2 amide bonds. The summed E-state index contributed by atoms with van der Waals surface area (Å²) >= 11 is 6.08. The second kappa shape index (κ2) is 7.00. The first kappa shape index (κ1) is 17.5. The molecule has 0 aliphatic carbocycles. The largest absolute Gasteiger partial charge is 0.324 e. The van der Waals surface area contributed by atoms with Crippen LogP contribution >= 0.6 is 11.6 Å². The maximum atomic E-state index is 12.8. The van der Waals surface area contributed by atoms with Gasteiger partial charge in [-0.2, -0.15) is 0 Å². The first-order chi connectivity index (χ1) is 13.0. The molecule has 2 aromatic carbocycles. The van der Waals surface area contributed by atoms with Crippen LogP contribution in [0.4, 0.5) is 11.4 Å². The van der Waals surface area contributed by atoms with E-state index in [4.69, 9.17) is 11.6 Å². The summed E-state index contributed by atoms with van der Waals surface area (Å²) in [5, 5.41) is 4.46. The van der Waals surface area contributed by atoms with Crippen LogP contribution in [-0.4, -0.2) is 23.3 Å². The molecule has 5 nitrogen and oxygen atoms in total. The van der Waals surface area contributed by atoms with Crippen LogP contribution in [0.25, 0.3) is 10.9 Å². The zero-order chi connectivity index (χ0) is 19.0. The number of amides is 2. The molecule has 27 heavy (non-hydrogen) atoms. The van der Waals surface area contributed by atoms with Gasteiger partial charge in [-0.15, -0.1) is 0 Å². The summed E-state index contributed by atoms with van der Waals surface area (Å²) in [6.45, 7) is 2.26. The van der Waals surface area contributed by atoms with Gasteiger partial charge in [0.1, 0.15) is 0 Å². The summed E-state index contributed by atoms with van der Waals surface area (Å²) in [6.07, 6.45) is 1.87. The van der Waals surface area contributed by atoms with Crippen molar-refractivity contribution in [1.29, 1.82) is 0 Å². The number of hydrogen-bond acceptors (Lipinski definition) is 3. The van der Waals surface area contributed by atoms with E-state index in [1.54, 1.807) is 23.2 Å². The van der Waals surface area contributed by atoms with Crippen LogP contribution in [0.15, 0.2) is 54.7 Å². The Hall–Kier alpha value is -2.92. The van der Waals surface area contributed by atoms with Crippen molar-refractivity contribution < 1.29 is 9.59 Å². The highest BCUT2D eigenvalue weighted by Gasteiger charge is 2.36. The van der Waals surface area contributed by atoms with Crippen molar-refractivity contribution in [3.63, 3.8) is 0 Å². The van der Waals surface area contributed by atoms with Crippen molar-refractivity contribution in [2.75, 3.05) is 16.8 Å². The van der Waals surface area contributed by atoms with Gasteiger partial charge in [0.15, 0.2) is 0 Å². The van der Waals surface area contributed by atoms with E-state index in [0.717, 1.165) is 22.2 Å². The van der Waals surface area contributed by atoms with Crippen LogP contribution in [0, 0.1) is 12.8 Å². The van der Waals surface area contributed by atoms with Crippen LogP contribution in [0.2, 0.25) is 5.02 Å². The van der Waals surface area contributed by atoms with E-state index in [1.807, 2.05) is 43.3 Å². The molecule has 1 fully saturated rings. The Balaban J connectivity index is 1.55. The smallest absolute Gasteiger partial charge is 0.229 e. The van der Waals surface area contributed by atoms with Gasteiger partial charge < -0.3 is 10.2 Å². The average molecular weight is 380 g/mol. The SMILES string of the molecule is Cc1ccc(Cl)cc1N1CC(C(=O)Nc2cccc3cccnc23)CC1=O. The Kier molecular flexibility index (Phi) is 4.54. The van der Waals surface area contributed by atoms with Gasteiger partial charge in [0.2, 0.25) is 11.8 Å². The van der Waals surface area contributed by atoms with Crippen LogP contribution in [0.3, 0.4) is 0 Å². The minimum Gasteiger partial charge on any atom is -0.324 e. The second-order valence-electron chi connectivity index (χ2n) is 6.71. The summed E-state index contributed by atoms with van der Waals surface area (Å²) in [4.78, 5) is 31.3. The fourth-order valence-corrected chi connectivity index (χ4v) is 3.60. The molecule has 1 aromatic heterocycles. The molecule has 0 bridgehead atoms. The molecule has 6 heteroatoms. The number of aromatic nitrogens is 1. The summed E-state index contributed by atoms with van der Waals surface area (Å²) in [6, 6.07) is 14.9. The van der Waals surface area contributed by atoms with E-state index in [2.05, 4.69) is 10.3 Å². The van der Waals surface area contributed by atoms with E-state index in [0.29, 0.717) is 17.3 Å². The molecule has 1 aliphatic heterocycles. The van der Waals surface area contributed by atoms with Gasteiger partial charge in [-0.1, -0.05) is 35.9 Å². The monoisotopic (exact) mass is 379 g/mol. The third-order valence-electron chi connectivity index (χ3n) is 4.85. The number of benzene rings is 2. The molecule has 1 saturated heterocycles. The summed E-state index contributed by atoms with van der Waals surface area (Å²) in [5.41, 5.74) is 3.10. The fourth-order valence-electron chi connectivity index (χ4n) is 3.43. The van der Waals surface area contributed by atoms with Gasteiger partial charge in [0, 0.05) is 35.3 Å². The molecule has 0 saturated carbocycles. The molecule has 3 aromatic rings. The van der Waals surface area contributed by atoms with Gasteiger partial charge in [-0.05, 0) is 36.8 Å². The number of nitrogens with zero attached hydrogens (tertiary/aromatic N) is 2. The second-order valence-corrected chi connectivity index (χ2v) is 7.14. The van der Waals surface area contributed by atoms with Crippen molar-refractivity contribution in [2.45, 2.75) is 13.3 Å². The Labute approximate surface area is 162 Å². The molecule has 1 N–H and O–H groups in total. The Bertz CT molecular complexity index is 1050. The van der Waals surface area contributed by atoms with Crippen LogP contribution in [0.5, 0.6) is 0 Å². The Morgan fingerprint density at radius 1 is 1.22 bits per heavy atom. The molecule has 1 aliphatic rings. The molecule has 0 radical (unpaired) electrons. The fraction of sp³-hybridized carbons (Fsp3) is 0.190. The molecule has 136 valence electrons. The van der Waals surface area contributed by atoms with E-state index in [9.17, 15) is 9.59 Å². The van der Waals surface area contributed by atoms with Gasteiger partial charge in [0.05, 0.1) is 17.1 Å². The maximum Gasteiger partial charge on any atom is 0.229 e. The van der Waals surface area contributed by atoms with Crippen LogP contribution in [0.1, 0.15) is 12.0 Å². The zero-order valence-electron chi connectivity index (χ0n) is 14.8. The molecule has 1 unspecified atom stereocenters. The highest BCUT2D eigenvalue weighted by Crippen LogP contribution is 2.31. The molecular weight excluding hydrogens is 362 g/mol. The lowest BCUT2D eigenvalue weighted by Crippen LogP contribution is -2.28. The normalized spacial score (nSPS) is 16.7. The third kappa shape index (κ3) is 3.38. The zero-order valence-corrected chi connectivity index (χ0v) is 15.5. The van der Waals surface area contributed by atoms with E-state index in [1.165, 1.54) is 0 Å². The van der Waals surface area contributed by atoms with Gasteiger partial charge in [-0.3, -0.25) is 14.6 Å². The number of fused-ring (bicyclic) bond motifs is 1. The number of halogens is 1. The van der Waals surface area contributed by atoms with Gasteiger partial charge in [0.25, 0.3) is 0 Å². The number of aryl methyl sites for hydroxylation is 1. The average Bonchev–Trinajstić information content (AvgIpc) is 3.06. The minimum absolute atomic E-state index is 0.0726. The lowest BCUT2D eigenvalue weighted by molar-refractivity contribution is -0.122. The van der Waals surface area contributed by atoms with Gasteiger partial charge in [-0.25, -0.2) is 0 Å². The Morgan fingerprint density at radius 3 is 2.89 bits per heavy atom. The Morgan fingerprint density at radius 2 is 2.04 bits per heavy atom.